The molecule has 5 nitrogen and oxygen atoms in total. The maximum absolute atomic E-state index is 5.42. The van der Waals surface area contributed by atoms with Gasteiger partial charge in [-0.2, -0.15) is 0 Å². The second-order valence-electron chi connectivity index (χ2n) is 3.78. The van der Waals surface area contributed by atoms with Crippen molar-refractivity contribution in [1.29, 1.82) is 0 Å². The molecule has 0 aromatic carbocycles. The zero-order chi connectivity index (χ0) is 12.3. The summed E-state index contributed by atoms with van der Waals surface area (Å²) in [6.45, 7) is 6.94. The van der Waals surface area contributed by atoms with E-state index in [4.69, 9.17) is 9.47 Å². The van der Waals surface area contributed by atoms with E-state index in [1.165, 1.54) is 0 Å². The van der Waals surface area contributed by atoms with Crippen molar-refractivity contribution < 1.29 is 9.47 Å². The summed E-state index contributed by atoms with van der Waals surface area (Å²) in [5.74, 6) is 1.09. The molecule has 0 saturated heterocycles. The van der Waals surface area contributed by atoms with Gasteiger partial charge >= 0.3 is 0 Å². The summed E-state index contributed by atoms with van der Waals surface area (Å²) in [5, 5.41) is 3.28. The molecular weight excluding hydrogens is 218 g/mol. The standard InChI is InChI=1S/C12H23N3O2/c1-3-13-11-12-14-5-7-15(12)6-4-8-17-10-9-16-2/h5,7,13H,3-4,6,8-11H2,1-2H3. The SMILES string of the molecule is CCNCc1nccn1CCCOCCOC. The second kappa shape index (κ2) is 9.15. The molecule has 1 aromatic rings. The van der Waals surface area contributed by atoms with Gasteiger partial charge in [0, 0.05) is 32.7 Å². The average Bonchev–Trinajstić information content (AvgIpc) is 2.78. The van der Waals surface area contributed by atoms with Gasteiger partial charge in [0.25, 0.3) is 0 Å². The topological polar surface area (TPSA) is 48.3 Å². The molecule has 0 aliphatic heterocycles. The van der Waals surface area contributed by atoms with Gasteiger partial charge in [0.2, 0.25) is 0 Å². The van der Waals surface area contributed by atoms with E-state index < -0.39 is 0 Å². The number of hydrogen-bond acceptors (Lipinski definition) is 4. The molecule has 5 heteroatoms. The van der Waals surface area contributed by atoms with Crippen molar-refractivity contribution >= 4 is 0 Å². The number of imidazole rings is 1. The Morgan fingerprint density at radius 1 is 1.35 bits per heavy atom. The Kier molecular flexibility index (Phi) is 7.62. The Bertz CT molecular complexity index is 289. The van der Waals surface area contributed by atoms with Crippen molar-refractivity contribution in [2.75, 3.05) is 33.5 Å². The number of nitrogens with one attached hydrogen (secondary N) is 1. The minimum Gasteiger partial charge on any atom is -0.382 e. The molecule has 1 N–H and O–H groups in total. The molecular formula is C12H23N3O2. The summed E-state index contributed by atoms with van der Waals surface area (Å²) in [6.07, 6.45) is 4.86. The van der Waals surface area contributed by atoms with Gasteiger partial charge in [0.15, 0.2) is 0 Å². The molecule has 0 amide bonds. The highest BCUT2D eigenvalue weighted by molar-refractivity contribution is 4.91. The van der Waals surface area contributed by atoms with E-state index in [1.54, 1.807) is 7.11 Å². The zero-order valence-electron chi connectivity index (χ0n) is 10.8. The molecule has 1 rings (SSSR count). The highest BCUT2D eigenvalue weighted by Gasteiger charge is 2.01. The van der Waals surface area contributed by atoms with Gasteiger partial charge < -0.3 is 19.4 Å². The lowest BCUT2D eigenvalue weighted by Crippen LogP contribution is -2.16. The highest BCUT2D eigenvalue weighted by Crippen LogP contribution is 1.99. The van der Waals surface area contributed by atoms with Crippen LogP contribution in [0, 0.1) is 0 Å². The van der Waals surface area contributed by atoms with Gasteiger partial charge in [0.1, 0.15) is 5.82 Å². The molecule has 0 spiro atoms. The van der Waals surface area contributed by atoms with Crippen LogP contribution in [-0.2, 0) is 22.6 Å². The molecule has 0 aliphatic carbocycles. The highest BCUT2D eigenvalue weighted by atomic mass is 16.5. The van der Waals surface area contributed by atoms with E-state index in [-0.39, 0.29) is 0 Å². The number of methoxy groups -OCH3 is 1. The number of hydrogen-bond donors (Lipinski definition) is 1. The molecule has 0 bridgehead atoms. The lowest BCUT2D eigenvalue weighted by Gasteiger charge is -2.08. The van der Waals surface area contributed by atoms with Crippen molar-refractivity contribution in [3.05, 3.63) is 18.2 Å². The van der Waals surface area contributed by atoms with E-state index in [1.807, 2.05) is 12.4 Å². The number of nitrogens with zero attached hydrogens (tertiary/aromatic N) is 2. The monoisotopic (exact) mass is 241 g/mol. The van der Waals surface area contributed by atoms with Gasteiger partial charge in [-0.1, -0.05) is 6.92 Å². The van der Waals surface area contributed by atoms with Crippen molar-refractivity contribution in [2.24, 2.45) is 0 Å². The lowest BCUT2D eigenvalue weighted by atomic mass is 10.4. The van der Waals surface area contributed by atoms with Crippen LogP contribution in [-0.4, -0.2) is 43.0 Å². The lowest BCUT2D eigenvalue weighted by molar-refractivity contribution is 0.0679. The molecule has 0 saturated carbocycles. The number of ether oxygens (including phenoxy) is 2. The van der Waals surface area contributed by atoms with Crippen LogP contribution in [0.15, 0.2) is 12.4 Å². The van der Waals surface area contributed by atoms with Crippen LogP contribution in [0.4, 0.5) is 0 Å². The molecule has 1 aromatic heterocycles. The summed E-state index contributed by atoms with van der Waals surface area (Å²) in [6, 6.07) is 0. The van der Waals surface area contributed by atoms with Crippen molar-refractivity contribution in [1.82, 2.24) is 14.9 Å². The van der Waals surface area contributed by atoms with Crippen molar-refractivity contribution in [2.45, 2.75) is 26.4 Å². The number of aromatic nitrogens is 2. The molecule has 0 atom stereocenters. The molecule has 0 fully saturated rings. The first-order chi connectivity index (χ1) is 8.38. The molecule has 17 heavy (non-hydrogen) atoms. The zero-order valence-corrected chi connectivity index (χ0v) is 10.8. The van der Waals surface area contributed by atoms with Crippen molar-refractivity contribution in [3.8, 4) is 0 Å². The fraction of sp³-hybridized carbons (Fsp3) is 0.750. The first-order valence-corrected chi connectivity index (χ1v) is 6.16. The fourth-order valence-electron chi connectivity index (χ4n) is 1.53. The van der Waals surface area contributed by atoms with E-state index in [2.05, 4.69) is 21.8 Å². The minimum atomic E-state index is 0.663. The summed E-state index contributed by atoms with van der Waals surface area (Å²) in [5.41, 5.74) is 0. The molecule has 98 valence electrons. The van der Waals surface area contributed by atoms with Gasteiger partial charge in [-0.05, 0) is 13.0 Å². The Labute approximate surface area is 103 Å². The van der Waals surface area contributed by atoms with Crippen LogP contribution in [0.1, 0.15) is 19.2 Å². The fourth-order valence-corrected chi connectivity index (χ4v) is 1.53. The summed E-state index contributed by atoms with van der Waals surface area (Å²) in [4.78, 5) is 4.32. The van der Waals surface area contributed by atoms with Crippen LogP contribution < -0.4 is 5.32 Å². The normalized spacial score (nSPS) is 10.9. The maximum atomic E-state index is 5.42. The Morgan fingerprint density at radius 2 is 2.24 bits per heavy atom. The van der Waals surface area contributed by atoms with Crippen LogP contribution in [0.5, 0.6) is 0 Å². The molecule has 0 aliphatic rings. The van der Waals surface area contributed by atoms with E-state index >= 15 is 0 Å². The summed E-state index contributed by atoms with van der Waals surface area (Å²) >= 11 is 0. The smallest absolute Gasteiger partial charge is 0.122 e. The Morgan fingerprint density at radius 3 is 3.00 bits per heavy atom. The van der Waals surface area contributed by atoms with Crippen molar-refractivity contribution in [3.63, 3.8) is 0 Å². The number of rotatable bonds is 10. The summed E-state index contributed by atoms with van der Waals surface area (Å²) < 4.78 is 12.5. The third kappa shape index (κ3) is 5.81. The van der Waals surface area contributed by atoms with Gasteiger partial charge in [-0.15, -0.1) is 0 Å². The summed E-state index contributed by atoms with van der Waals surface area (Å²) in [7, 11) is 1.68. The van der Waals surface area contributed by atoms with E-state index in [9.17, 15) is 0 Å². The largest absolute Gasteiger partial charge is 0.382 e. The second-order valence-corrected chi connectivity index (χ2v) is 3.78. The van der Waals surface area contributed by atoms with Crippen LogP contribution >= 0.6 is 0 Å². The van der Waals surface area contributed by atoms with Crippen LogP contribution in [0.25, 0.3) is 0 Å². The first-order valence-electron chi connectivity index (χ1n) is 6.16. The molecule has 0 unspecified atom stereocenters. The minimum absolute atomic E-state index is 0.663. The average molecular weight is 241 g/mol. The first kappa shape index (κ1) is 14.2. The van der Waals surface area contributed by atoms with Gasteiger partial charge in [0.05, 0.1) is 19.8 Å². The van der Waals surface area contributed by atoms with Gasteiger partial charge in [-0.3, -0.25) is 0 Å². The number of aryl methyl sites for hydroxylation is 1. The predicted octanol–water partition coefficient (Wildman–Crippen LogP) is 1.05. The quantitative estimate of drug-likeness (QED) is 0.622. The predicted molar refractivity (Wildman–Crippen MR) is 66.9 cm³/mol. The third-order valence-electron chi connectivity index (χ3n) is 2.45. The Hall–Kier alpha value is -0.910. The van der Waals surface area contributed by atoms with Crippen LogP contribution in [0.3, 0.4) is 0 Å². The Balaban J connectivity index is 2.15. The van der Waals surface area contributed by atoms with Gasteiger partial charge in [-0.25, -0.2) is 4.98 Å². The van der Waals surface area contributed by atoms with E-state index in [0.29, 0.717) is 13.2 Å². The third-order valence-corrected chi connectivity index (χ3v) is 2.45. The molecule has 0 radical (unpaired) electrons. The molecule has 1 heterocycles. The van der Waals surface area contributed by atoms with E-state index in [0.717, 1.165) is 38.5 Å². The maximum Gasteiger partial charge on any atom is 0.122 e. The van der Waals surface area contributed by atoms with Crippen LogP contribution in [0.2, 0.25) is 0 Å².